The minimum atomic E-state index is 0.0679. The molecule has 2 aromatic heterocycles. The van der Waals surface area contributed by atoms with Crippen molar-refractivity contribution in [3.63, 3.8) is 0 Å². The highest BCUT2D eigenvalue weighted by molar-refractivity contribution is 7.26. The highest BCUT2D eigenvalue weighted by Gasteiger charge is 2.66. The van der Waals surface area contributed by atoms with Crippen molar-refractivity contribution in [2.45, 2.75) is 105 Å². The lowest BCUT2D eigenvalue weighted by molar-refractivity contribution is 0.00322. The summed E-state index contributed by atoms with van der Waals surface area (Å²) in [6, 6.07) is 52.4. The molecule has 5 aliphatic rings. The second-order valence-electron chi connectivity index (χ2n) is 24.3. The van der Waals surface area contributed by atoms with Crippen molar-refractivity contribution in [1.82, 2.24) is 0 Å². The van der Waals surface area contributed by atoms with Crippen LogP contribution >= 0.6 is 11.3 Å². The number of rotatable bonds is 5. The van der Waals surface area contributed by atoms with Crippen LogP contribution in [0.4, 0.5) is 22.7 Å². The maximum atomic E-state index is 7.06. The molecule has 7 aromatic carbocycles. The van der Waals surface area contributed by atoms with Crippen LogP contribution in [0.15, 0.2) is 137 Å². The van der Waals surface area contributed by atoms with Crippen LogP contribution in [0.25, 0.3) is 64.4 Å². The van der Waals surface area contributed by atoms with Gasteiger partial charge in [0, 0.05) is 71.1 Å². The molecule has 70 heavy (non-hydrogen) atoms. The first-order valence-electron chi connectivity index (χ1n) is 25.9. The van der Waals surface area contributed by atoms with Crippen LogP contribution < -0.4 is 21.1 Å². The monoisotopic (exact) mass is 927 g/mol. The Morgan fingerprint density at radius 3 is 2.17 bits per heavy atom. The molecule has 9 aromatic rings. The largest absolute Gasteiger partial charge is 0.454 e. The third-order valence-corrected chi connectivity index (χ3v) is 19.6. The summed E-state index contributed by atoms with van der Waals surface area (Å²) in [5.74, 6) is 1.59. The predicted molar refractivity (Wildman–Crippen MR) is 298 cm³/mol. The number of allylic oxidation sites excluding steroid dienone is 1. The van der Waals surface area contributed by atoms with Crippen LogP contribution in [0.1, 0.15) is 99.1 Å². The number of thiophene rings is 1. The standard InChI is InChI=1S/C65H60BN2OS/c1-36-52-54(56-55(52)64(6,7)31-32-65(56,8)9)59(36)68-48-33-38(37-17-11-10-12-18-37)23-28-47(48)66-57-49(68)35-44-41-20-14-16-22-51(41)70-61(44)53(57)43-26-25-42-40-19-13-15-21-50(40)69-60(42)58(43)67-39-24-27-45-46(34-39)63(4,5)30-29-62(45,2)3/h10-11,13-17,19-28,33-36,52,54,59,67H,29-32H2,1-9H3. The van der Waals surface area contributed by atoms with E-state index in [2.05, 4.69) is 207 Å². The first-order valence-corrected chi connectivity index (χ1v) is 26.7. The van der Waals surface area contributed by atoms with Crippen LogP contribution in [0.3, 0.4) is 0 Å². The molecule has 0 spiro atoms. The molecule has 3 nitrogen and oxygen atoms in total. The van der Waals surface area contributed by atoms with Gasteiger partial charge in [0.25, 0.3) is 0 Å². The number of hydrogen-bond donors (Lipinski definition) is 1. The van der Waals surface area contributed by atoms with Crippen molar-refractivity contribution in [1.29, 1.82) is 0 Å². The average Bonchev–Trinajstić information content (AvgIpc) is 3.91. The summed E-state index contributed by atoms with van der Waals surface area (Å²) in [7, 11) is 2.51. The van der Waals surface area contributed by atoms with Crippen molar-refractivity contribution in [3.05, 3.63) is 156 Å². The van der Waals surface area contributed by atoms with Crippen molar-refractivity contribution >= 4 is 94.4 Å². The van der Waals surface area contributed by atoms with Crippen molar-refractivity contribution < 1.29 is 4.42 Å². The molecule has 1 N–H and O–H groups in total. The van der Waals surface area contributed by atoms with E-state index in [0.29, 0.717) is 23.8 Å². The minimum absolute atomic E-state index is 0.0679. The van der Waals surface area contributed by atoms with Crippen LogP contribution in [-0.2, 0) is 10.8 Å². The van der Waals surface area contributed by atoms with E-state index < -0.39 is 0 Å². The summed E-state index contributed by atoms with van der Waals surface area (Å²) in [6.07, 6.45) is 4.84. The Morgan fingerprint density at radius 2 is 1.39 bits per heavy atom. The van der Waals surface area contributed by atoms with Gasteiger partial charge in [-0.25, -0.2) is 0 Å². The fourth-order valence-corrected chi connectivity index (χ4v) is 15.7. The van der Waals surface area contributed by atoms with Gasteiger partial charge in [0.15, 0.2) is 12.9 Å². The Labute approximate surface area is 418 Å². The van der Waals surface area contributed by atoms with Gasteiger partial charge in [-0.2, -0.15) is 0 Å². The van der Waals surface area contributed by atoms with E-state index in [9.17, 15) is 0 Å². The fourth-order valence-electron chi connectivity index (χ4n) is 14.5. The van der Waals surface area contributed by atoms with Crippen LogP contribution in [0.5, 0.6) is 0 Å². The van der Waals surface area contributed by atoms with E-state index >= 15 is 0 Å². The Morgan fingerprint density at radius 1 is 0.657 bits per heavy atom. The van der Waals surface area contributed by atoms with Gasteiger partial charge in [0.05, 0.1) is 5.69 Å². The Kier molecular flexibility index (Phi) is 8.80. The maximum absolute atomic E-state index is 7.06. The van der Waals surface area contributed by atoms with Gasteiger partial charge in [-0.15, -0.1) is 11.3 Å². The van der Waals surface area contributed by atoms with Gasteiger partial charge in [0.2, 0.25) is 0 Å². The van der Waals surface area contributed by atoms with E-state index in [1.165, 1.54) is 84.0 Å². The van der Waals surface area contributed by atoms with E-state index in [1.807, 2.05) is 17.4 Å². The van der Waals surface area contributed by atoms with Gasteiger partial charge < -0.3 is 14.6 Å². The number of nitrogens with one attached hydrogen (secondary N) is 1. The van der Waals surface area contributed by atoms with E-state index in [1.54, 1.807) is 11.1 Å². The highest BCUT2D eigenvalue weighted by atomic mass is 32.1. The van der Waals surface area contributed by atoms with Crippen molar-refractivity contribution in [2.24, 2.45) is 28.6 Å². The summed E-state index contributed by atoms with van der Waals surface area (Å²) in [5.41, 5.74) is 20.7. The number of fused-ring (bicyclic) bond motifs is 12. The third-order valence-electron chi connectivity index (χ3n) is 18.4. The molecular weight excluding hydrogens is 868 g/mol. The lowest BCUT2D eigenvalue weighted by Gasteiger charge is -2.70. The molecule has 4 unspecified atom stereocenters. The molecule has 1 saturated carbocycles. The van der Waals surface area contributed by atoms with Gasteiger partial charge in [-0.3, -0.25) is 0 Å². The third kappa shape index (κ3) is 5.90. The molecule has 3 heterocycles. The first kappa shape index (κ1) is 42.6. The molecule has 345 valence electrons. The molecular formula is C65H60BN2OS. The molecule has 1 aliphatic heterocycles. The zero-order chi connectivity index (χ0) is 47.8. The SMILES string of the molecule is CC1C2C3=C(C2C1N1c2cc(-c4c#cccc4)ccc2[B]c2c1cc1c(sc4ccccc41)c2-c1ccc2c(oc4ccccc42)c1Nc1ccc2c(c1)C(C)(C)CCC2(C)C)C(C)(C)CCC3(C)C. The second kappa shape index (κ2) is 14.5. The van der Waals surface area contributed by atoms with E-state index in [0.717, 1.165) is 50.9 Å². The average molecular weight is 928 g/mol. The molecule has 1 fully saturated rings. The molecule has 4 atom stereocenters. The second-order valence-corrected chi connectivity index (χ2v) is 25.3. The minimum Gasteiger partial charge on any atom is -0.454 e. The number of benzene rings is 6. The zero-order valence-electron chi connectivity index (χ0n) is 42.0. The van der Waals surface area contributed by atoms with Gasteiger partial charge >= 0.3 is 0 Å². The van der Waals surface area contributed by atoms with Gasteiger partial charge in [-0.1, -0.05) is 158 Å². The zero-order valence-corrected chi connectivity index (χ0v) is 42.8. The van der Waals surface area contributed by atoms with Crippen molar-refractivity contribution in [2.75, 3.05) is 10.2 Å². The number of para-hydroxylation sites is 1. The fraction of sp³-hybridized carbons (Fsp3) is 0.323. The normalized spacial score (nSPS) is 23.1. The van der Waals surface area contributed by atoms with E-state index in [4.69, 9.17) is 4.42 Å². The van der Waals surface area contributed by atoms with Crippen LogP contribution in [0, 0.1) is 40.7 Å². The molecule has 1 radical (unpaired) electrons. The number of furan rings is 1. The maximum Gasteiger partial charge on any atom is 0.197 e. The van der Waals surface area contributed by atoms with Gasteiger partial charge in [-0.05, 0) is 141 Å². The first-order chi connectivity index (χ1) is 33.6. The quantitative estimate of drug-likeness (QED) is 0.138. The molecule has 0 amide bonds. The molecule has 4 aliphatic carbocycles. The van der Waals surface area contributed by atoms with E-state index in [-0.39, 0.29) is 21.7 Å². The number of nitrogens with zero attached hydrogens (tertiary/aromatic N) is 1. The van der Waals surface area contributed by atoms with Gasteiger partial charge in [0.1, 0.15) is 5.58 Å². The summed E-state index contributed by atoms with van der Waals surface area (Å²) in [6.45, 7) is 22.3. The number of anilines is 4. The highest BCUT2D eigenvalue weighted by Crippen LogP contribution is 2.72. The molecule has 0 saturated heterocycles. The molecule has 5 heteroatoms. The number of hydrogen-bond acceptors (Lipinski definition) is 4. The predicted octanol–water partition coefficient (Wildman–Crippen LogP) is 16.5. The summed E-state index contributed by atoms with van der Waals surface area (Å²) in [5, 5.41) is 9.02. The lowest BCUT2D eigenvalue weighted by Crippen LogP contribution is -2.69. The summed E-state index contributed by atoms with van der Waals surface area (Å²) >= 11 is 1.92. The molecule has 0 bridgehead atoms. The Balaban J connectivity index is 1.05. The summed E-state index contributed by atoms with van der Waals surface area (Å²) in [4.78, 5) is 2.84. The molecule has 14 rings (SSSR count). The Hall–Kier alpha value is -6.22. The summed E-state index contributed by atoms with van der Waals surface area (Å²) < 4.78 is 9.67. The smallest absolute Gasteiger partial charge is 0.197 e. The topological polar surface area (TPSA) is 28.4 Å². The van der Waals surface area contributed by atoms with Crippen molar-refractivity contribution in [3.8, 4) is 22.3 Å². The lowest BCUT2D eigenvalue weighted by atomic mass is 9.37. The van der Waals surface area contributed by atoms with Crippen LogP contribution in [-0.4, -0.2) is 13.3 Å². The Bertz CT molecular complexity index is 3730. The van der Waals surface area contributed by atoms with Crippen LogP contribution in [0.2, 0.25) is 0 Å².